The molecule has 12 atom stereocenters. The highest BCUT2D eigenvalue weighted by atomic mass is 16.7. The molecule has 2 aliphatic heterocycles. The molecule has 2 saturated heterocycles. The summed E-state index contributed by atoms with van der Waals surface area (Å²) in [6.45, 7) is 2.74. The minimum absolute atomic E-state index is 0.238. The Morgan fingerprint density at radius 2 is 0.896 bits per heavy atom. The highest BCUT2D eigenvalue weighted by molar-refractivity contribution is 5.76. The van der Waals surface area contributed by atoms with Crippen molar-refractivity contribution in [3.8, 4) is 0 Å². The fourth-order valence-electron chi connectivity index (χ4n) is 10.0. The van der Waals surface area contributed by atoms with E-state index in [1.54, 1.807) is 0 Å². The van der Waals surface area contributed by atoms with Crippen molar-refractivity contribution >= 4 is 5.91 Å². The van der Waals surface area contributed by atoms with Crippen LogP contribution in [-0.4, -0.2) is 140 Å². The number of allylic oxidation sites excluding steroid dienone is 10. The molecule has 448 valence electrons. The van der Waals surface area contributed by atoms with Gasteiger partial charge in [-0.1, -0.05) is 235 Å². The van der Waals surface area contributed by atoms with Crippen molar-refractivity contribution in [1.82, 2.24) is 5.32 Å². The van der Waals surface area contributed by atoms with E-state index in [1.807, 2.05) is 0 Å². The van der Waals surface area contributed by atoms with Crippen LogP contribution in [0, 0.1) is 0 Å². The van der Waals surface area contributed by atoms with E-state index in [4.69, 9.17) is 18.9 Å². The Hall–Kier alpha value is -2.31. The Bertz CT molecular complexity index is 1520. The van der Waals surface area contributed by atoms with E-state index in [0.29, 0.717) is 12.8 Å². The zero-order chi connectivity index (χ0) is 56.0. The van der Waals surface area contributed by atoms with E-state index < -0.39 is 86.8 Å². The van der Waals surface area contributed by atoms with Gasteiger partial charge in [0, 0.05) is 6.42 Å². The summed E-state index contributed by atoms with van der Waals surface area (Å²) in [5.74, 6) is -0.238. The normalized spacial score (nSPS) is 25.1. The molecule has 2 fully saturated rings. The van der Waals surface area contributed by atoms with Gasteiger partial charge < -0.3 is 65.1 Å². The first-order valence-electron chi connectivity index (χ1n) is 31.0. The van der Waals surface area contributed by atoms with Crippen LogP contribution in [0.4, 0.5) is 0 Å². The summed E-state index contributed by atoms with van der Waals surface area (Å²) in [5.41, 5.74) is 0. The van der Waals surface area contributed by atoms with Gasteiger partial charge >= 0.3 is 0 Å². The van der Waals surface area contributed by atoms with Crippen LogP contribution < -0.4 is 5.32 Å². The van der Waals surface area contributed by atoms with Gasteiger partial charge in [-0.25, -0.2) is 0 Å². The third-order valence-electron chi connectivity index (χ3n) is 15.0. The smallest absolute Gasteiger partial charge is 0.220 e. The molecule has 0 radical (unpaired) electrons. The third kappa shape index (κ3) is 33.9. The molecule has 0 saturated carbocycles. The number of aliphatic hydroxyl groups is 8. The van der Waals surface area contributed by atoms with Crippen LogP contribution in [0.15, 0.2) is 60.8 Å². The highest BCUT2D eigenvalue weighted by Crippen LogP contribution is 2.30. The van der Waals surface area contributed by atoms with Gasteiger partial charge in [-0.15, -0.1) is 0 Å². The van der Waals surface area contributed by atoms with Crippen LogP contribution in [0.2, 0.25) is 0 Å². The number of hydrogen-bond acceptors (Lipinski definition) is 13. The SMILES string of the molecule is CC/C=C\C/C=C\C/C=C\C/C=C\C/C=C\CCCCCC(=O)NC(COC1OC(CO)C(OC2OC(CO)C(O)C(O)C2O)C(O)C1O)C(O)CCCCCCCCCCCCCCCCCCCCCCCCCC. The number of ether oxygens (including phenoxy) is 4. The molecule has 77 heavy (non-hydrogen) atoms. The lowest BCUT2D eigenvalue weighted by molar-refractivity contribution is -0.359. The molecule has 0 aromatic rings. The summed E-state index contributed by atoms with van der Waals surface area (Å²) < 4.78 is 22.8. The minimum Gasteiger partial charge on any atom is -0.394 e. The molecule has 14 nitrogen and oxygen atoms in total. The molecule has 0 aromatic heterocycles. The van der Waals surface area contributed by atoms with Crippen molar-refractivity contribution in [2.24, 2.45) is 0 Å². The number of carbonyl (C=O) groups is 1. The van der Waals surface area contributed by atoms with Crippen molar-refractivity contribution in [1.29, 1.82) is 0 Å². The Labute approximate surface area is 466 Å². The maximum absolute atomic E-state index is 13.3. The second-order valence-corrected chi connectivity index (χ2v) is 21.8. The molecule has 14 heteroatoms. The first-order valence-corrected chi connectivity index (χ1v) is 31.0. The maximum Gasteiger partial charge on any atom is 0.220 e. The number of nitrogens with one attached hydrogen (secondary N) is 1. The van der Waals surface area contributed by atoms with Gasteiger partial charge in [0.05, 0.1) is 32.0 Å². The first kappa shape index (κ1) is 70.8. The second kappa shape index (κ2) is 48.4. The lowest BCUT2D eigenvalue weighted by atomic mass is 9.97. The number of hydrogen-bond donors (Lipinski definition) is 9. The van der Waals surface area contributed by atoms with Crippen LogP contribution in [0.5, 0.6) is 0 Å². The molecule has 2 rings (SSSR count). The maximum atomic E-state index is 13.3. The Balaban J connectivity index is 1.75. The summed E-state index contributed by atoms with van der Waals surface area (Å²) in [6, 6.07) is -0.850. The number of rotatable bonds is 49. The quantitative estimate of drug-likeness (QED) is 0.0204. The van der Waals surface area contributed by atoms with E-state index >= 15 is 0 Å². The molecular formula is C63H113NO13. The zero-order valence-corrected chi connectivity index (χ0v) is 48.2. The fourth-order valence-corrected chi connectivity index (χ4v) is 10.0. The van der Waals surface area contributed by atoms with Crippen LogP contribution in [0.25, 0.3) is 0 Å². The largest absolute Gasteiger partial charge is 0.394 e. The van der Waals surface area contributed by atoms with Gasteiger partial charge in [0.1, 0.15) is 48.8 Å². The van der Waals surface area contributed by atoms with Crippen molar-refractivity contribution in [2.75, 3.05) is 19.8 Å². The van der Waals surface area contributed by atoms with Gasteiger partial charge in [-0.05, 0) is 57.8 Å². The molecular weight excluding hydrogens is 979 g/mol. The third-order valence-corrected chi connectivity index (χ3v) is 15.0. The van der Waals surface area contributed by atoms with Crippen LogP contribution in [0.3, 0.4) is 0 Å². The lowest BCUT2D eigenvalue weighted by Crippen LogP contribution is -2.65. The van der Waals surface area contributed by atoms with E-state index in [1.165, 1.54) is 128 Å². The first-order chi connectivity index (χ1) is 37.6. The molecule has 12 unspecified atom stereocenters. The fraction of sp³-hybridized carbons (Fsp3) is 0.825. The summed E-state index contributed by atoms with van der Waals surface area (Å²) >= 11 is 0. The molecule has 9 N–H and O–H groups in total. The average Bonchev–Trinajstić information content (AvgIpc) is 3.44. The Morgan fingerprint density at radius 3 is 1.36 bits per heavy atom. The van der Waals surface area contributed by atoms with Gasteiger partial charge in [0.15, 0.2) is 12.6 Å². The van der Waals surface area contributed by atoms with E-state index in [0.717, 1.165) is 77.0 Å². The number of unbranched alkanes of at least 4 members (excludes halogenated alkanes) is 26. The predicted octanol–water partition coefficient (Wildman–Crippen LogP) is 10.9. The molecule has 0 aromatic carbocycles. The Kier molecular flexibility index (Phi) is 44.5. The van der Waals surface area contributed by atoms with Gasteiger partial charge in [-0.2, -0.15) is 0 Å². The average molecular weight is 1090 g/mol. The minimum atomic E-state index is -1.79. The van der Waals surface area contributed by atoms with E-state index in [2.05, 4.69) is 79.9 Å². The highest BCUT2D eigenvalue weighted by Gasteiger charge is 2.51. The number of carbonyl (C=O) groups excluding carboxylic acids is 1. The molecule has 0 aliphatic carbocycles. The van der Waals surface area contributed by atoms with E-state index in [-0.39, 0.29) is 18.9 Å². The van der Waals surface area contributed by atoms with Gasteiger partial charge in [0.2, 0.25) is 5.91 Å². The number of amides is 1. The topological polar surface area (TPSA) is 228 Å². The van der Waals surface area contributed by atoms with Gasteiger partial charge in [0.25, 0.3) is 0 Å². The van der Waals surface area contributed by atoms with Crippen molar-refractivity contribution < 1.29 is 64.6 Å². The lowest BCUT2D eigenvalue weighted by Gasteiger charge is -2.46. The number of aliphatic hydroxyl groups excluding tert-OH is 8. The summed E-state index contributed by atoms with van der Waals surface area (Å²) in [4.78, 5) is 13.3. The second-order valence-electron chi connectivity index (χ2n) is 21.8. The molecule has 2 aliphatic rings. The van der Waals surface area contributed by atoms with Crippen molar-refractivity contribution in [3.63, 3.8) is 0 Å². The Morgan fingerprint density at radius 1 is 0.481 bits per heavy atom. The van der Waals surface area contributed by atoms with Crippen molar-refractivity contribution in [3.05, 3.63) is 60.8 Å². The molecule has 0 spiro atoms. The van der Waals surface area contributed by atoms with E-state index in [9.17, 15) is 45.6 Å². The van der Waals surface area contributed by atoms with Gasteiger partial charge in [-0.3, -0.25) is 4.79 Å². The van der Waals surface area contributed by atoms with Crippen LogP contribution >= 0.6 is 0 Å². The molecule has 1 amide bonds. The predicted molar refractivity (Wildman–Crippen MR) is 309 cm³/mol. The standard InChI is InChI=1S/C63H113NO13/c1-3-5-7-9-11-13-15-17-19-21-23-24-25-26-27-29-30-32-34-36-38-40-42-44-46-52(67)51(64-55(68)47-45-43-41-39-37-35-33-31-28-22-20-18-16-14-12-10-8-6-4-2)50-74-62-60(73)58(71)61(54(49-66)76-62)77-63-59(72)57(70)56(69)53(48-65)75-63/h6,8,12,14,18,20,28,31,35,37,51-54,56-63,65-67,69-73H,3-5,7,9-11,13,15-17,19,21-27,29-30,32-34,36,38-50H2,1-2H3,(H,64,68)/b8-6-,14-12-,20-18-,31-28-,37-35-. The molecule has 0 bridgehead atoms. The summed E-state index contributed by atoms with van der Waals surface area (Å²) in [5, 5.41) is 87.3. The van der Waals surface area contributed by atoms with Crippen molar-refractivity contribution in [2.45, 2.75) is 312 Å². The summed E-state index contributed by atoms with van der Waals surface area (Å²) in [6.07, 6.45) is 45.1. The summed E-state index contributed by atoms with van der Waals surface area (Å²) in [7, 11) is 0. The van der Waals surface area contributed by atoms with Crippen LogP contribution in [0.1, 0.15) is 239 Å². The molecule has 2 heterocycles. The monoisotopic (exact) mass is 1090 g/mol. The van der Waals surface area contributed by atoms with Crippen LogP contribution in [-0.2, 0) is 23.7 Å². The zero-order valence-electron chi connectivity index (χ0n) is 48.2.